The summed E-state index contributed by atoms with van der Waals surface area (Å²) in [5.74, 6) is 0.307. The Kier molecular flexibility index (Phi) is 9.00. The minimum Gasteiger partial charge on any atom is -0.506 e. The van der Waals surface area contributed by atoms with Gasteiger partial charge in [0.1, 0.15) is 18.1 Å². The fourth-order valence-corrected chi connectivity index (χ4v) is 4.29. The first kappa shape index (κ1) is 27.2. The first-order valence-electron chi connectivity index (χ1n) is 12.5. The topological polar surface area (TPSA) is 74.2 Å². The van der Waals surface area contributed by atoms with E-state index in [0.717, 1.165) is 41.6 Å². The Labute approximate surface area is 230 Å². The number of carbonyl (C=O) groups excluding carboxylic acids is 1. The number of fused-ring (bicyclic) bond motifs is 1. The van der Waals surface area contributed by atoms with Crippen LogP contribution in [0.15, 0.2) is 77.9 Å². The molecule has 2 N–H and O–H groups in total. The number of hydrogen-bond donors (Lipinski definition) is 2. The van der Waals surface area contributed by atoms with E-state index in [9.17, 15) is 9.90 Å². The Morgan fingerprint density at radius 3 is 2.58 bits per heavy atom. The lowest BCUT2D eigenvalue weighted by Crippen LogP contribution is -2.26. The number of likely N-dealkylation sites (N-methyl/N-ethyl adjacent to an activating group) is 1. The first-order valence-corrected chi connectivity index (χ1v) is 12.9. The van der Waals surface area contributed by atoms with Crippen LogP contribution in [0.1, 0.15) is 34.0 Å². The molecule has 38 heavy (non-hydrogen) atoms. The molecule has 0 aliphatic rings. The fraction of sp³-hybridized carbons (Fsp3) is 0.226. The molecule has 0 atom stereocenters. The van der Waals surface area contributed by atoms with Crippen LogP contribution in [-0.2, 0) is 6.42 Å². The summed E-state index contributed by atoms with van der Waals surface area (Å²) in [6.07, 6.45) is 2.61. The Balaban J connectivity index is 0.00000420. The van der Waals surface area contributed by atoms with Crippen molar-refractivity contribution in [2.45, 2.75) is 20.3 Å². The number of ether oxygens (including phenoxy) is 1. The van der Waals surface area contributed by atoms with Crippen LogP contribution in [0, 0.1) is 13.8 Å². The molecule has 4 aromatic rings. The molecular weight excluding hydrogens is 498 g/mol. The summed E-state index contributed by atoms with van der Waals surface area (Å²) in [4.78, 5) is 14.6. The van der Waals surface area contributed by atoms with Gasteiger partial charge in [0.25, 0.3) is 5.91 Å². The zero-order valence-corrected chi connectivity index (χ0v) is 22.6. The second kappa shape index (κ2) is 12.6. The van der Waals surface area contributed by atoms with Crippen molar-refractivity contribution >= 4 is 34.5 Å². The molecule has 6 nitrogen and oxygen atoms in total. The largest absolute Gasteiger partial charge is 0.506 e. The number of nitrogens with zero attached hydrogens (tertiary/aromatic N) is 2. The molecule has 0 fully saturated rings. The Bertz CT molecular complexity index is 1480. The van der Waals surface area contributed by atoms with Gasteiger partial charge in [-0.15, -0.1) is 0 Å². The molecule has 0 radical (unpaired) electrons. The van der Waals surface area contributed by atoms with Gasteiger partial charge in [0.15, 0.2) is 0 Å². The van der Waals surface area contributed by atoms with E-state index in [0.29, 0.717) is 12.2 Å². The minimum absolute atomic E-state index is 0. The van der Waals surface area contributed by atoms with E-state index in [1.165, 1.54) is 34.9 Å². The van der Waals surface area contributed by atoms with Crippen molar-refractivity contribution < 1.29 is 16.1 Å². The number of nitrogens with one attached hydrogen (secondary N) is 1. The van der Waals surface area contributed by atoms with Crippen molar-refractivity contribution in [1.29, 1.82) is 0 Å². The molecule has 4 rings (SSSR count). The number of benzene rings is 4. The molecule has 0 saturated carbocycles. The van der Waals surface area contributed by atoms with Crippen LogP contribution in [0.25, 0.3) is 10.8 Å². The van der Waals surface area contributed by atoms with Crippen molar-refractivity contribution in [3.8, 4) is 11.5 Å². The molecule has 0 aromatic heterocycles. The van der Waals surface area contributed by atoms with E-state index in [2.05, 4.69) is 54.5 Å². The summed E-state index contributed by atoms with van der Waals surface area (Å²) in [6, 6.07) is 22.7. The molecule has 198 valence electrons. The second-order valence-electron chi connectivity index (χ2n) is 9.38. The molecule has 0 heterocycles. The monoisotopic (exact) mass is 531 g/mol. The quantitative estimate of drug-likeness (QED) is 0.184. The van der Waals surface area contributed by atoms with Crippen molar-refractivity contribution in [1.82, 2.24) is 10.3 Å². The molecule has 1 amide bonds. The SMILES string of the molecule is Cc1ccc(CCN(C)CCOc2ccc(/C=N/NC(=O)c3ccc(O)c(Cl)c3)c3ccccc23)cc1C.[HH]. The summed E-state index contributed by atoms with van der Waals surface area (Å²) < 4.78 is 6.16. The highest BCUT2D eigenvalue weighted by Crippen LogP contribution is 2.28. The summed E-state index contributed by atoms with van der Waals surface area (Å²) in [6.45, 7) is 6.65. The Morgan fingerprint density at radius 2 is 1.82 bits per heavy atom. The first-order chi connectivity index (χ1) is 18.3. The average Bonchev–Trinajstić information content (AvgIpc) is 2.91. The van der Waals surface area contributed by atoms with Crippen LogP contribution in [0.4, 0.5) is 0 Å². The van der Waals surface area contributed by atoms with Gasteiger partial charge >= 0.3 is 0 Å². The highest BCUT2D eigenvalue weighted by molar-refractivity contribution is 6.32. The lowest BCUT2D eigenvalue weighted by atomic mass is 10.0. The number of phenols is 1. The number of carbonyl (C=O) groups is 1. The van der Waals surface area contributed by atoms with Crippen molar-refractivity contribution in [3.63, 3.8) is 0 Å². The predicted molar refractivity (Wildman–Crippen MR) is 157 cm³/mol. The number of hydrogen-bond acceptors (Lipinski definition) is 5. The number of amides is 1. The molecule has 0 unspecified atom stereocenters. The van der Waals surface area contributed by atoms with Crippen LogP contribution in [0.3, 0.4) is 0 Å². The summed E-state index contributed by atoms with van der Waals surface area (Å²) in [5, 5.41) is 15.7. The van der Waals surface area contributed by atoms with Crippen molar-refractivity contribution in [3.05, 3.63) is 106 Å². The normalized spacial score (nSPS) is 11.4. The molecular formula is C31H34ClN3O3. The zero-order chi connectivity index (χ0) is 27.1. The molecule has 7 heteroatoms. The number of hydrazone groups is 1. The van der Waals surface area contributed by atoms with Gasteiger partial charge in [-0.1, -0.05) is 54.1 Å². The van der Waals surface area contributed by atoms with E-state index in [-0.39, 0.29) is 12.2 Å². The molecule has 0 saturated heterocycles. The molecule has 0 aliphatic carbocycles. The Morgan fingerprint density at radius 1 is 1.03 bits per heavy atom. The van der Waals surface area contributed by atoms with E-state index in [1.807, 2.05) is 36.4 Å². The number of rotatable bonds is 10. The number of halogens is 1. The molecule has 0 spiro atoms. The van der Waals surface area contributed by atoms with Gasteiger partial charge in [-0.25, -0.2) is 5.43 Å². The van der Waals surface area contributed by atoms with Crippen molar-refractivity contribution in [2.24, 2.45) is 5.10 Å². The third kappa shape index (κ3) is 6.91. The van der Waals surface area contributed by atoms with Crippen LogP contribution < -0.4 is 10.2 Å². The smallest absolute Gasteiger partial charge is 0.271 e. The maximum Gasteiger partial charge on any atom is 0.271 e. The fourth-order valence-electron chi connectivity index (χ4n) is 4.11. The van der Waals surface area contributed by atoms with E-state index < -0.39 is 5.91 Å². The number of aryl methyl sites for hydroxylation is 2. The molecule has 4 aromatic carbocycles. The number of aromatic hydroxyl groups is 1. The van der Waals surface area contributed by atoms with Gasteiger partial charge in [-0.05, 0) is 79.7 Å². The highest BCUT2D eigenvalue weighted by atomic mass is 35.5. The van der Waals surface area contributed by atoms with Crippen LogP contribution >= 0.6 is 11.6 Å². The summed E-state index contributed by atoms with van der Waals surface area (Å²) >= 11 is 5.89. The zero-order valence-electron chi connectivity index (χ0n) is 21.9. The second-order valence-corrected chi connectivity index (χ2v) is 9.79. The minimum atomic E-state index is -0.422. The summed E-state index contributed by atoms with van der Waals surface area (Å²) in [5.41, 5.74) is 7.67. The Hall–Kier alpha value is -3.87. The van der Waals surface area contributed by atoms with Gasteiger partial charge in [0.2, 0.25) is 0 Å². The van der Waals surface area contributed by atoms with Crippen molar-refractivity contribution in [2.75, 3.05) is 26.7 Å². The van der Waals surface area contributed by atoms with Crippen LogP contribution in [0.2, 0.25) is 5.02 Å². The van der Waals surface area contributed by atoms with Gasteiger partial charge in [-0.2, -0.15) is 5.10 Å². The lowest BCUT2D eigenvalue weighted by molar-refractivity contribution is 0.0955. The van der Waals surface area contributed by atoms with Crippen LogP contribution in [-0.4, -0.2) is 48.9 Å². The third-order valence-electron chi connectivity index (χ3n) is 6.58. The van der Waals surface area contributed by atoms with Gasteiger partial charge in [0, 0.05) is 31.0 Å². The average molecular weight is 532 g/mol. The van der Waals surface area contributed by atoms with E-state index >= 15 is 0 Å². The lowest BCUT2D eigenvalue weighted by Gasteiger charge is -2.18. The number of phenolic OH excluding ortho intramolecular Hbond substituents is 1. The predicted octanol–water partition coefficient (Wildman–Crippen LogP) is 6.38. The standard InChI is InChI=1S/C31H32ClN3O3.H2/c1-21-8-9-23(18-22(21)2)14-15-35(3)16-17-38-30-13-11-25(26-6-4-5-7-27(26)30)20-33-34-31(37)24-10-12-29(36)28(32)19-24;/h4-13,18-20,36H,14-17H2,1-3H3,(H,34,37);1H/b33-20+;. The van der Waals surface area contributed by atoms with Crippen LogP contribution in [0.5, 0.6) is 11.5 Å². The molecule has 0 bridgehead atoms. The maximum absolute atomic E-state index is 12.4. The van der Waals surface area contributed by atoms with Gasteiger partial charge < -0.3 is 14.7 Å². The van der Waals surface area contributed by atoms with Gasteiger partial charge in [-0.3, -0.25) is 4.79 Å². The molecule has 0 aliphatic heterocycles. The summed E-state index contributed by atoms with van der Waals surface area (Å²) in [7, 11) is 2.11. The highest BCUT2D eigenvalue weighted by Gasteiger charge is 2.09. The van der Waals surface area contributed by atoms with E-state index in [1.54, 1.807) is 6.21 Å². The third-order valence-corrected chi connectivity index (χ3v) is 6.88. The van der Waals surface area contributed by atoms with E-state index in [4.69, 9.17) is 16.3 Å². The van der Waals surface area contributed by atoms with Gasteiger partial charge in [0.05, 0.1) is 11.2 Å². The maximum atomic E-state index is 12.4.